The average molecular weight is 221 g/mol. The second-order valence-electron chi connectivity index (χ2n) is 4.16. The van der Waals surface area contributed by atoms with Gasteiger partial charge in [-0.2, -0.15) is 0 Å². The lowest BCUT2D eigenvalue weighted by atomic mass is 10.1. The smallest absolute Gasteiger partial charge is 0.225 e. The Bertz CT molecular complexity index is 372. The SMILES string of the molecule is Cc1ccc(C)c(OCCC(=O)N(C)C)c1. The van der Waals surface area contributed by atoms with E-state index >= 15 is 0 Å². The molecule has 1 rings (SSSR count). The standard InChI is InChI=1S/C13H19NO2/c1-10-5-6-11(2)12(9-10)16-8-7-13(15)14(3)4/h5-6,9H,7-8H2,1-4H3. The maximum Gasteiger partial charge on any atom is 0.225 e. The van der Waals surface area contributed by atoms with Crippen molar-refractivity contribution in [3.63, 3.8) is 0 Å². The summed E-state index contributed by atoms with van der Waals surface area (Å²) in [6.45, 7) is 4.46. The van der Waals surface area contributed by atoms with Crippen molar-refractivity contribution in [2.45, 2.75) is 20.3 Å². The first-order chi connectivity index (χ1) is 7.50. The second-order valence-corrected chi connectivity index (χ2v) is 4.16. The fourth-order valence-electron chi connectivity index (χ4n) is 1.33. The largest absolute Gasteiger partial charge is 0.493 e. The van der Waals surface area contributed by atoms with E-state index in [1.165, 1.54) is 5.56 Å². The van der Waals surface area contributed by atoms with Crippen LogP contribution in [-0.2, 0) is 4.79 Å². The lowest BCUT2D eigenvalue weighted by molar-refractivity contribution is -0.129. The molecular weight excluding hydrogens is 202 g/mol. The Labute approximate surface area is 97.0 Å². The predicted octanol–water partition coefficient (Wildman–Crippen LogP) is 2.16. The number of hydrogen-bond donors (Lipinski definition) is 0. The van der Waals surface area contributed by atoms with Gasteiger partial charge in [0.15, 0.2) is 0 Å². The van der Waals surface area contributed by atoms with Crippen LogP contribution in [0.25, 0.3) is 0 Å². The molecule has 0 saturated heterocycles. The zero-order chi connectivity index (χ0) is 12.1. The van der Waals surface area contributed by atoms with Crippen LogP contribution < -0.4 is 4.74 Å². The van der Waals surface area contributed by atoms with Gasteiger partial charge in [-0.3, -0.25) is 4.79 Å². The molecule has 0 bridgehead atoms. The molecule has 0 aliphatic heterocycles. The zero-order valence-corrected chi connectivity index (χ0v) is 10.4. The van der Waals surface area contributed by atoms with Crippen LogP contribution >= 0.6 is 0 Å². The van der Waals surface area contributed by atoms with Gasteiger partial charge in [0, 0.05) is 14.1 Å². The molecule has 0 spiro atoms. The van der Waals surface area contributed by atoms with Crippen molar-refractivity contribution < 1.29 is 9.53 Å². The summed E-state index contributed by atoms with van der Waals surface area (Å²) in [5.74, 6) is 0.955. The molecule has 0 atom stereocenters. The highest BCUT2D eigenvalue weighted by molar-refractivity contribution is 5.75. The molecule has 3 heteroatoms. The molecule has 0 aliphatic carbocycles. The third kappa shape index (κ3) is 3.57. The molecule has 0 aliphatic rings. The maximum atomic E-state index is 11.3. The minimum absolute atomic E-state index is 0.0882. The summed E-state index contributed by atoms with van der Waals surface area (Å²) in [7, 11) is 3.50. The summed E-state index contributed by atoms with van der Waals surface area (Å²) in [6, 6.07) is 6.07. The molecule has 88 valence electrons. The molecule has 0 radical (unpaired) electrons. The first-order valence-corrected chi connectivity index (χ1v) is 5.41. The van der Waals surface area contributed by atoms with E-state index in [2.05, 4.69) is 0 Å². The lowest BCUT2D eigenvalue weighted by Crippen LogP contribution is -2.23. The van der Waals surface area contributed by atoms with Crippen LogP contribution in [0.2, 0.25) is 0 Å². The number of benzene rings is 1. The molecule has 0 unspecified atom stereocenters. The monoisotopic (exact) mass is 221 g/mol. The van der Waals surface area contributed by atoms with Crippen LogP contribution in [0, 0.1) is 13.8 Å². The van der Waals surface area contributed by atoms with Gasteiger partial charge in [0.1, 0.15) is 5.75 Å². The Kier molecular flexibility index (Phi) is 4.35. The van der Waals surface area contributed by atoms with E-state index in [1.54, 1.807) is 19.0 Å². The summed E-state index contributed by atoms with van der Waals surface area (Å²) in [6.07, 6.45) is 0.417. The Morgan fingerprint density at radius 2 is 2.00 bits per heavy atom. The molecule has 0 aromatic heterocycles. The Morgan fingerprint density at radius 1 is 1.31 bits per heavy atom. The molecule has 0 fully saturated rings. The molecule has 1 aromatic rings. The van der Waals surface area contributed by atoms with Gasteiger partial charge in [0.05, 0.1) is 13.0 Å². The van der Waals surface area contributed by atoms with Gasteiger partial charge >= 0.3 is 0 Å². The number of hydrogen-bond acceptors (Lipinski definition) is 2. The van der Waals surface area contributed by atoms with Crippen molar-refractivity contribution in [1.82, 2.24) is 4.90 Å². The fraction of sp³-hybridized carbons (Fsp3) is 0.462. The summed E-state index contributed by atoms with van der Waals surface area (Å²) >= 11 is 0. The Balaban J connectivity index is 2.49. The summed E-state index contributed by atoms with van der Waals surface area (Å²) < 4.78 is 5.59. The van der Waals surface area contributed by atoms with E-state index < -0.39 is 0 Å². The topological polar surface area (TPSA) is 29.5 Å². The van der Waals surface area contributed by atoms with Gasteiger partial charge in [0.2, 0.25) is 5.91 Å². The van der Waals surface area contributed by atoms with Crippen molar-refractivity contribution in [3.8, 4) is 5.75 Å². The van der Waals surface area contributed by atoms with E-state index in [0.29, 0.717) is 13.0 Å². The molecule has 16 heavy (non-hydrogen) atoms. The van der Waals surface area contributed by atoms with Crippen molar-refractivity contribution >= 4 is 5.91 Å². The second kappa shape index (κ2) is 5.54. The third-order valence-corrected chi connectivity index (χ3v) is 2.42. The number of aryl methyl sites for hydroxylation is 2. The lowest BCUT2D eigenvalue weighted by Gasteiger charge is -2.12. The normalized spacial score (nSPS) is 10.0. The highest BCUT2D eigenvalue weighted by Crippen LogP contribution is 2.19. The van der Waals surface area contributed by atoms with E-state index in [9.17, 15) is 4.79 Å². The number of carbonyl (C=O) groups excluding carboxylic acids is 1. The van der Waals surface area contributed by atoms with Crippen molar-refractivity contribution in [1.29, 1.82) is 0 Å². The number of rotatable bonds is 4. The van der Waals surface area contributed by atoms with Crippen LogP contribution in [0.5, 0.6) is 5.75 Å². The van der Waals surface area contributed by atoms with Gasteiger partial charge in [-0.15, -0.1) is 0 Å². The van der Waals surface area contributed by atoms with E-state index in [0.717, 1.165) is 11.3 Å². The molecule has 0 N–H and O–H groups in total. The molecule has 3 nitrogen and oxygen atoms in total. The highest BCUT2D eigenvalue weighted by Gasteiger charge is 2.05. The Hall–Kier alpha value is -1.51. The van der Waals surface area contributed by atoms with Crippen molar-refractivity contribution in [3.05, 3.63) is 29.3 Å². The van der Waals surface area contributed by atoms with Crippen LogP contribution in [-0.4, -0.2) is 31.5 Å². The summed E-state index contributed by atoms with van der Waals surface area (Å²) in [5.41, 5.74) is 2.27. The van der Waals surface area contributed by atoms with Crippen LogP contribution in [0.3, 0.4) is 0 Å². The van der Waals surface area contributed by atoms with Gasteiger partial charge in [-0.05, 0) is 31.0 Å². The minimum Gasteiger partial charge on any atom is -0.493 e. The first-order valence-electron chi connectivity index (χ1n) is 5.41. The van der Waals surface area contributed by atoms with E-state index in [-0.39, 0.29) is 5.91 Å². The fourth-order valence-corrected chi connectivity index (χ4v) is 1.33. The number of amides is 1. The molecule has 0 saturated carbocycles. The minimum atomic E-state index is 0.0882. The van der Waals surface area contributed by atoms with Gasteiger partial charge in [-0.1, -0.05) is 12.1 Å². The molecule has 1 aromatic carbocycles. The third-order valence-electron chi connectivity index (χ3n) is 2.42. The van der Waals surface area contributed by atoms with Crippen LogP contribution in [0.4, 0.5) is 0 Å². The van der Waals surface area contributed by atoms with Gasteiger partial charge in [0.25, 0.3) is 0 Å². The number of carbonyl (C=O) groups is 1. The Morgan fingerprint density at radius 3 is 2.62 bits per heavy atom. The summed E-state index contributed by atoms with van der Waals surface area (Å²) in [5, 5.41) is 0. The predicted molar refractivity (Wildman–Crippen MR) is 64.7 cm³/mol. The van der Waals surface area contributed by atoms with Crippen molar-refractivity contribution in [2.75, 3.05) is 20.7 Å². The van der Waals surface area contributed by atoms with Gasteiger partial charge in [-0.25, -0.2) is 0 Å². The van der Waals surface area contributed by atoms with Crippen molar-refractivity contribution in [2.24, 2.45) is 0 Å². The summed E-state index contributed by atoms with van der Waals surface area (Å²) in [4.78, 5) is 12.9. The highest BCUT2D eigenvalue weighted by atomic mass is 16.5. The number of nitrogens with zero attached hydrogens (tertiary/aromatic N) is 1. The van der Waals surface area contributed by atoms with E-state index in [4.69, 9.17) is 4.74 Å². The quantitative estimate of drug-likeness (QED) is 0.779. The first kappa shape index (κ1) is 12.6. The van der Waals surface area contributed by atoms with Gasteiger partial charge < -0.3 is 9.64 Å². The van der Waals surface area contributed by atoms with E-state index in [1.807, 2.05) is 32.0 Å². The van der Waals surface area contributed by atoms with Crippen LogP contribution in [0.15, 0.2) is 18.2 Å². The number of ether oxygens (including phenoxy) is 1. The average Bonchev–Trinajstić information content (AvgIpc) is 2.22. The van der Waals surface area contributed by atoms with Crippen LogP contribution in [0.1, 0.15) is 17.5 Å². The zero-order valence-electron chi connectivity index (χ0n) is 10.4. The molecular formula is C13H19NO2. The molecule has 1 amide bonds. The molecule has 0 heterocycles. The maximum absolute atomic E-state index is 11.3.